The zero-order valence-corrected chi connectivity index (χ0v) is 8.24. The van der Waals surface area contributed by atoms with Crippen LogP contribution in [0.2, 0.25) is 0 Å². The SMILES string of the molecule is CC(=O)O[C@H]1C(O)O[C@H](CN)[C@H](O)C1O. The maximum Gasteiger partial charge on any atom is 0.303 e. The van der Waals surface area contributed by atoms with Crippen molar-refractivity contribution in [3.8, 4) is 0 Å². The molecule has 2 unspecified atom stereocenters. The Hall–Kier alpha value is -0.730. The highest BCUT2D eigenvalue weighted by atomic mass is 16.7. The molecule has 7 nitrogen and oxygen atoms in total. The molecular formula is C8H15NO6. The van der Waals surface area contributed by atoms with Gasteiger partial charge in [0.1, 0.15) is 18.3 Å². The molecular weight excluding hydrogens is 206 g/mol. The number of aliphatic hydroxyl groups excluding tert-OH is 3. The van der Waals surface area contributed by atoms with E-state index in [1.165, 1.54) is 0 Å². The second kappa shape index (κ2) is 4.86. The lowest BCUT2D eigenvalue weighted by atomic mass is 9.99. The van der Waals surface area contributed by atoms with Crippen LogP contribution in [-0.4, -0.2) is 58.5 Å². The van der Waals surface area contributed by atoms with Crippen molar-refractivity contribution in [1.29, 1.82) is 0 Å². The van der Waals surface area contributed by atoms with Crippen molar-refractivity contribution >= 4 is 5.97 Å². The number of hydrogen-bond acceptors (Lipinski definition) is 7. The number of nitrogens with two attached hydrogens (primary N) is 1. The molecule has 5 atom stereocenters. The number of ether oxygens (including phenoxy) is 2. The highest BCUT2D eigenvalue weighted by molar-refractivity contribution is 5.66. The zero-order chi connectivity index (χ0) is 11.6. The summed E-state index contributed by atoms with van der Waals surface area (Å²) in [6, 6.07) is 0. The van der Waals surface area contributed by atoms with E-state index in [2.05, 4.69) is 4.74 Å². The Balaban J connectivity index is 2.70. The van der Waals surface area contributed by atoms with Gasteiger partial charge >= 0.3 is 5.97 Å². The van der Waals surface area contributed by atoms with E-state index in [-0.39, 0.29) is 6.54 Å². The van der Waals surface area contributed by atoms with E-state index in [0.29, 0.717) is 0 Å². The Kier molecular flexibility index (Phi) is 4.00. The second-order valence-corrected chi connectivity index (χ2v) is 3.36. The Morgan fingerprint density at radius 1 is 1.40 bits per heavy atom. The summed E-state index contributed by atoms with van der Waals surface area (Å²) in [6.45, 7) is 1.07. The number of aliphatic hydroxyl groups is 3. The lowest BCUT2D eigenvalue weighted by Crippen LogP contribution is -2.60. The Labute approximate surface area is 86.4 Å². The molecule has 0 spiro atoms. The van der Waals surface area contributed by atoms with Crippen molar-refractivity contribution in [2.45, 2.75) is 37.6 Å². The molecule has 7 heteroatoms. The predicted molar refractivity (Wildman–Crippen MR) is 47.5 cm³/mol. The van der Waals surface area contributed by atoms with Crippen molar-refractivity contribution < 1.29 is 29.6 Å². The van der Waals surface area contributed by atoms with Crippen LogP contribution in [0, 0.1) is 0 Å². The molecule has 1 aliphatic rings. The van der Waals surface area contributed by atoms with Crippen molar-refractivity contribution in [1.82, 2.24) is 0 Å². The normalized spacial score (nSPS) is 41.3. The highest BCUT2D eigenvalue weighted by Crippen LogP contribution is 2.21. The van der Waals surface area contributed by atoms with E-state index < -0.39 is 36.7 Å². The van der Waals surface area contributed by atoms with Gasteiger partial charge in [-0.3, -0.25) is 4.79 Å². The third-order valence-corrected chi connectivity index (χ3v) is 2.20. The average molecular weight is 221 g/mol. The topological polar surface area (TPSA) is 122 Å². The number of hydrogen-bond donors (Lipinski definition) is 4. The number of carbonyl (C=O) groups excluding carboxylic acids is 1. The van der Waals surface area contributed by atoms with Crippen LogP contribution in [0.4, 0.5) is 0 Å². The lowest BCUT2D eigenvalue weighted by Gasteiger charge is -2.39. The molecule has 0 amide bonds. The summed E-state index contributed by atoms with van der Waals surface area (Å²) in [5.41, 5.74) is 5.25. The molecule has 0 aliphatic carbocycles. The first-order chi connectivity index (χ1) is 6.97. The van der Waals surface area contributed by atoms with Crippen LogP contribution in [0.1, 0.15) is 6.92 Å². The van der Waals surface area contributed by atoms with Crippen LogP contribution in [0.5, 0.6) is 0 Å². The van der Waals surface area contributed by atoms with Gasteiger partial charge in [0.15, 0.2) is 12.4 Å². The maximum absolute atomic E-state index is 10.7. The molecule has 1 heterocycles. The minimum absolute atomic E-state index is 0.0535. The maximum atomic E-state index is 10.7. The van der Waals surface area contributed by atoms with Crippen LogP contribution in [0.25, 0.3) is 0 Å². The van der Waals surface area contributed by atoms with E-state index in [0.717, 1.165) is 6.92 Å². The molecule has 0 aromatic carbocycles. The van der Waals surface area contributed by atoms with E-state index in [1.54, 1.807) is 0 Å². The number of rotatable bonds is 2. The van der Waals surface area contributed by atoms with Gasteiger partial charge in [-0.25, -0.2) is 0 Å². The quantitative estimate of drug-likeness (QED) is 0.375. The summed E-state index contributed by atoms with van der Waals surface area (Å²) >= 11 is 0. The van der Waals surface area contributed by atoms with Gasteiger partial charge in [0.05, 0.1) is 0 Å². The van der Waals surface area contributed by atoms with E-state index in [4.69, 9.17) is 10.5 Å². The van der Waals surface area contributed by atoms with Crippen molar-refractivity contribution in [2.75, 3.05) is 6.54 Å². The highest BCUT2D eigenvalue weighted by Gasteiger charge is 2.45. The van der Waals surface area contributed by atoms with Gasteiger partial charge in [0.2, 0.25) is 0 Å². The Morgan fingerprint density at radius 2 is 2.00 bits per heavy atom. The third-order valence-electron chi connectivity index (χ3n) is 2.20. The molecule has 0 aromatic rings. The zero-order valence-electron chi connectivity index (χ0n) is 8.24. The fourth-order valence-electron chi connectivity index (χ4n) is 1.43. The van der Waals surface area contributed by atoms with Crippen LogP contribution >= 0.6 is 0 Å². The smallest absolute Gasteiger partial charge is 0.303 e. The van der Waals surface area contributed by atoms with Gasteiger partial charge in [0.25, 0.3) is 0 Å². The minimum atomic E-state index is -1.49. The molecule has 5 N–H and O–H groups in total. The average Bonchev–Trinajstić information content (AvgIpc) is 2.18. The molecule has 1 fully saturated rings. The lowest BCUT2D eigenvalue weighted by molar-refractivity contribution is -0.283. The predicted octanol–water partition coefficient (Wildman–Crippen LogP) is -2.68. The first-order valence-electron chi connectivity index (χ1n) is 4.54. The molecule has 88 valence electrons. The summed E-state index contributed by atoms with van der Waals surface area (Å²) in [5, 5.41) is 28.4. The van der Waals surface area contributed by atoms with E-state index in [1.807, 2.05) is 0 Å². The van der Waals surface area contributed by atoms with E-state index >= 15 is 0 Å². The van der Waals surface area contributed by atoms with Crippen molar-refractivity contribution in [3.05, 3.63) is 0 Å². The van der Waals surface area contributed by atoms with E-state index in [9.17, 15) is 20.1 Å². The van der Waals surface area contributed by atoms with Gasteiger partial charge in [-0.05, 0) is 0 Å². The number of esters is 1. The fraction of sp³-hybridized carbons (Fsp3) is 0.875. The molecule has 0 saturated carbocycles. The summed E-state index contributed by atoms with van der Waals surface area (Å²) in [6.07, 6.45) is -6.35. The Morgan fingerprint density at radius 3 is 2.47 bits per heavy atom. The molecule has 0 aromatic heterocycles. The number of carbonyl (C=O) groups is 1. The molecule has 1 aliphatic heterocycles. The van der Waals surface area contributed by atoms with Crippen LogP contribution in [-0.2, 0) is 14.3 Å². The molecule has 0 bridgehead atoms. The van der Waals surface area contributed by atoms with Gasteiger partial charge in [-0.1, -0.05) is 0 Å². The van der Waals surface area contributed by atoms with Crippen molar-refractivity contribution in [3.63, 3.8) is 0 Å². The second-order valence-electron chi connectivity index (χ2n) is 3.36. The van der Waals surface area contributed by atoms with Crippen LogP contribution in [0.15, 0.2) is 0 Å². The molecule has 0 radical (unpaired) electrons. The summed E-state index contributed by atoms with van der Waals surface area (Å²) in [5.74, 6) is -0.680. The van der Waals surface area contributed by atoms with Crippen LogP contribution < -0.4 is 5.73 Å². The molecule has 1 rings (SSSR count). The first kappa shape index (κ1) is 12.3. The first-order valence-corrected chi connectivity index (χ1v) is 4.54. The summed E-state index contributed by atoms with van der Waals surface area (Å²) in [7, 11) is 0. The standard InChI is InChI=1S/C8H15NO6/c1-3(10)14-7-6(12)5(11)4(2-9)15-8(7)13/h4-8,11-13H,2,9H2,1H3/t4-,5+,6?,7-,8?/m1/s1. The van der Waals surface area contributed by atoms with Crippen molar-refractivity contribution in [2.24, 2.45) is 5.73 Å². The van der Waals surface area contributed by atoms with Crippen LogP contribution in [0.3, 0.4) is 0 Å². The Bertz CT molecular complexity index is 235. The van der Waals surface area contributed by atoms with Gasteiger partial charge < -0.3 is 30.5 Å². The molecule has 1 saturated heterocycles. The van der Waals surface area contributed by atoms with Gasteiger partial charge in [-0.15, -0.1) is 0 Å². The largest absolute Gasteiger partial charge is 0.454 e. The third kappa shape index (κ3) is 2.64. The fourth-order valence-corrected chi connectivity index (χ4v) is 1.43. The monoisotopic (exact) mass is 221 g/mol. The molecule has 15 heavy (non-hydrogen) atoms. The summed E-state index contributed by atoms with van der Waals surface area (Å²) < 4.78 is 9.49. The van der Waals surface area contributed by atoms with Gasteiger partial charge in [0, 0.05) is 13.5 Å². The van der Waals surface area contributed by atoms with Gasteiger partial charge in [-0.2, -0.15) is 0 Å². The summed E-state index contributed by atoms with van der Waals surface area (Å²) in [4.78, 5) is 10.7. The minimum Gasteiger partial charge on any atom is -0.454 e.